The quantitative estimate of drug-likeness (QED) is 0.374. The molecule has 0 fully saturated rings. The molecule has 2 unspecified atom stereocenters. The number of rotatable bonds is 10. The number of hydrogen-bond acceptors (Lipinski definition) is 5. The summed E-state index contributed by atoms with van der Waals surface area (Å²) >= 11 is 1.47. The molecule has 6 heteroatoms. The molecule has 0 bridgehead atoms. The first-order chi connectivity index (χ1) is 16.1. The molecular formula is C27H31NO4S. The average Bonchev–Trinajstić information content (AvgIpc) is 3.43. The average molecular weight is 466 g/mol. The van der Waals surface area contributed by atoms with E-state index >= 15 is 0 Å². The van der Waals surface area contributed by atoms with Crippen molar-refractivity contribution in [3.8, 4) is 11.1 Å². The molecule has 33 heavy (non-hydrogen) atoms. The van der Waals surface area contributed by atoms with E-state index in [0.29, 0.717) is 0 Å². The van der Waals surface area contributed by atoms with Crippen molar-refractivity contribution in [1.82, 2.24) is 5.32 Å². The number of ether oxygens (including phenoxy) is 1. The second-order valence-corrected chi connectivity index (χ2v) is 9.41. The summed E-state index contributed by atoms with van der Waals surface area (Å²) in [5, 5.41) is 25.7. The van der Waals surface area contributed by atoms with Gasteiger partial charge in [-0.15, -0.1) is 11.3 Å². The molecule has 0 saturated carbocycles. The smallest absolute Gasteiger partial charge is 0.407 e. The van der Waals surface area contributed by atoms with Gasteiger partial charge in [0.1, 0.15) is 12.7 Å². The van der Waals surface area contributed by atoms with E-state index in [-0.39, 0.29) is 25.5 Å². The topological polar surface area (TPSA) is 78.8 Å². The van der Waals surface area contributed by atoms with Gasteiger partial charge in [0.15, 0.2) is 0 Å². The molecule has 0 spiro atoms. The maximum atomic E-state index is 12.3. The van der Waals surface area contributed by atoms with Crippen LogP contribution in [0.2, 0.25) is 0 Å². The number of aliphatic hydroxyl groups excluding tert-OH is 2. The molecule has 4 rings (SSSR count). The number of aliphatic hydroxyl groups is 2. The summed E-state index contributed by atoms with van der Waals surface area (Å²) < 4.78 is 5.53. The van der Waals surface area contributed by atoms with Crippen LogP contribution in [0, 0.1) is 0 Å². The van der Waals surface area contributed by atoms with Crippen LogP contribution in [0.4, 0.5) is 4.79 Å². The summed E-state index contributed by atoms with van der Waals surface area (Å²) in [6, 6.07) is 18.4. The van der Waals surface area contributed by atoms with Gasteiger partial charge in [-0.25, -0.2) is 4.79 Å². The molecule has 0 aliphatic heterocycles. The van der Waals surface area contributed by atoms with Crippen LogP contribution in [0.25, 0.3) is 11.1 Å². The van der Waals surface area contributed by atoms with Gasteiger partial charge in [-0.1, -0.05) is 61.9 Å². The van der Waals surface area contributed by atoms with Gasteiger partial charge in [-0.05, 0) is 58.5 Å². The van der Waals surface area contributed by atoms with Crippen LogP contribution >= 0.6 is 11.3 Å². The molecule has 2 atom stereocenters. The number of fused-ring (bicyclic) bond motifs is 3. The highest BCUT2D eigenvalue weighted by Crippen LogP contribution is 2.44. The predicted octanol–water partition coefficient (Wildman–Crippen LogP) is 5.41. The zero-order chi connectivity index (χ0) is 23.2. The van der Waals surface area contributed by atoms with Crippen molar-refractivity contribution in [1.29, 1.82) is 0 Å². The number of unbranched alkanes of at least 4 members (excludes halogenated alkanes) is 1. The summed E-state index contributed by atoms with van der Waals surface area (Å²) in [4.78, 5) is 13.1. The highest BCUT2D eigenvalue weighted by molar-refractivity contribution is 7.10. The minimum Gasteiger partial charge on any atom is -0.449 e. The maximum Gasteiger partial charge on any atom is 0.407 e. The van der Waals surface area contributed by atoms with Crippen molar-refractivity contribution in [3.63, 3.8) is 0 Å². The van der Waals surface area contributed by atoms with Gasteiger partial charge < -0.3 is 20.3 Å². The van der Waals surface area contributed by atoms with Gasteiger partial charge in [0.2, 0.25) is 0 Å². The van der Waals surface area contributed by atoms with Crippen LogP contribution in [0.15, 0.2) is 60.0 Å². The maximum absolute atomic E-state index is 12.3. The number of alkyl carbamates (subject to hydrolysis) is 1. The van der Waals surface area contributed by atoms with Crippen LogP contribution < -0.4 is 5.32 Å². The lowest BCUT2D eigenvalue weighted by atomic mass is 9.98. The van der Waals surface area contributed by atoms with Gasteiger partial charge in [0.25, 0.3) is 0 Å². The highest BCUT2D eigenvalue weighted by atomic mass is 32.1. The number of thiophene rings is 1. The molecule has 3 aromatic rings. The number of nitrogens with one attached hydrogen (secondary N) is 1. The van der Waals surface area contributed by atoms with E-state index in [2.05, 4.69) is 36.5 Å². The summed E-state index contributed by atoms with van der Waals surface area (Å²) in [7, 11) is 0. The van der Waals surface area contributed by atoms with E-state index < -0.39 is 18.3 Å². The lowest BCUT2D eigenvalue weighted by Crippen LogP contribution is -2.30. The number of hydrogen-bond donors (Lipinski definition) is 3. The molecule has 5 nitrogen and oxygen atoms in total. The molecule has 1 aliphatic carbocycles. The first-order valence-electron chi connectivity index (χ1n) is 11.6. The van der Waals surface area contributed by atoms with E-state index in [0.717, 1.165) is 29.7 Å². The van der Waals surface area contributed by atoms with Crippen LogP contribution in [-0.2, 0) is 11.2 Å². The molecule has 1 heterocycles. The lowest BCUT2D eigenvalue weighted by Gasteiger charge is -2.19. The number of aryl methyl sites for hydroxylation is 1. The third kappa shape index (κ3) is 5.29. The molecule has 0 radical (unpaired) electrons. The SMILES string of the molecule is CCCCc1ccsc1C(O)C(O)CCNC(=O)OCC1c2ccccc2-c2ccccc21. The Balaban J connectivity index is 1.26. The fourth-order valence-electron chi connectivity index (χ4n) is 4.48. The molecule has 1 amide bonds. The third-order valence-corrected chi connectivity index (χ3v) is 7.30. The Kier molecular flexibility index (Phi) is 7.81. The van der Waals surface area contributed by atoms with Crippen molar-refractivity contribution >= 4 is 17.4 Å². The fourth-order valence-corrected chi connectivity index (χ4v) is 5.48. The Bertz CT molecular complexity index is 1030. The van der Waals surface area contributed by atoms with Gasteiger partial charge in [-0.3, -0.25) is 0 Å². The van der Waals surface area contributed by atoms with E-state index in [1.165, 1.54) is 33.6 Å². The second kappa shape index (κ2) is 11.0. The predicted molar refractivity (Wildman–Crippen MR) is 132 cm³/mol. The summed E-state index contributed by atoms with van der Waals surface area (Å²) in [5.74, 6) is 0.0101. The van der Waals surface area contributed by atoms with E-state index in [1.807, 2.05) is 35.7 Å². The van der Waals surface area contributed by atoms with Crippen molar-refractivity contribution in [2.24, 2.45) is 0 Å². The van der Waals surface area contributed by atoms with Gasteiger partial charge in [-0.2, -0.15) is 0 Å². The van der Waals surface area contributed by atoms with Crippen molar-refractivity contribution < 1.29 is 19.7 Å². The molecule has 174 valence electrons. The van der Waals surface area contributed by atoms with Crippen LogP contribution in [0.1, 0.15) is 59.8 Å². The normalized spacial score (nSPS) is 14.4. The van der Waals surface area contributed by atoms with Gasteiger partial charge in [0.05, 0.1) is 6.10 Å². The number of benzene rings is 2. The minimum absolute atomic E-state index is 0.0101. The first kappa shape index (κ1) is 23.5. The lowest BCUT2D eigenvalue weighted by molar-refractivity contribution is 0.0153. The van der Waals surface area contributed by atoms with Crippen molar-refractivity contribution in [3.05, 3.63) is 81.5 Å². The number of carbonyl (C=O) groups excluding carboxylic acids is 1. The second-order valence-electron chi connectivity index (χ2n) is 8.47. The van der Waals surface area contributed by atoms with Gasteiger partial charge in [0, 0.05) is 17.3 Å². The fraction of sp³-hybridized carbons (Fsp3) is 0.370. The molecule has 0 saturated heterocycles. The summed E-state index contributed by atoms with van der Waals surface area (Å²) in [6.45, 7) is 2.61. The highest BCUT2D eigenvalue weighted by Gasteiger charge is 2.29. The standard InChI is InChI=1S/C27H31NO4S/c1-2-3-8-18-14-16-33-26(18)25(30)24(29)13-15-28-27(31)32-17-23-21-11-6-4-9-19(21)20-10-5-7-12-22(20)23/h4-7,9-12,14,16,23-25,29-30H,2-3,8,13,15,17H2,1H3,(H,28,31). The summed E-state index contributed by atoms with van der Waals surface area (Å²) in [6.07, 6.45) is 0.874. The monoisotopic (exact) mass is 465 g/mol. The van der Waals surface area contributed by atoms with E-state index in [1.54, 1.807) is 0 Å². The van der Waals surface area contributed by atoms with Crippen molar-refractivity contribution in [2.45, 2.75) is 50.7 Å². The number of amides is 1. The molecule has 1 aromatic heterocycles. The first-order valence-corrected chi connectivity index (χ1v) is 12.5. The van der Waals surface area contributed by atoms with E-state index in [4.69, 9.17) is 4.74 Å². The molecule has 1 aliphatic rings. The largest absolute Gasteiger partial charge is 0.449 e. The molecule has 3 N–H and O–H groups in total. The zero-order valence-electron chi connectivity index (χ0n) is 18.9. The van der Waals surface area contributed by atoms with E-state index in [9.17, 15) is 15.0 Å². The minimum atomic E-state index is -0.946. The third-order valence-electron chi connectivity index (χ3n) is 6.27. The van der Waals surface area contributed by atoms with Crippen LogP contribution in [0.5, 0.6) is 0 Å². The Labute approximate surface area is 199 Å². The molecular weight excluding hydrogens is 434 g/mol. The van der Waals surface area contributed by atoms with Crippen LogP contribution in [-0.4, -0.2) is 35.6 Å². The number of carbonyl (C=O) groups is 1. The Morgan fingerprint density at radius 3 is 2.39 bits per heavy atom. The summed E-state index contributed by atoms with van der Waals surface area (Å²) in [5.41, 5.74) is 5.80. The Morgan fingerprint density at radius 2 is 1.73 bits per heavy atom. The Morgan fingerprint density at radius 1 is 1.06 bits per heavy atom. The van der Waals surface area contributed by atoms with Crippen molar-refractivity contribution in [2.75, 3.05) is 13.2 Å². The molecule has 2 aromatic carbocycles. The zero-order valence-corrected chi connectivity index (χ0v) is 19.7. The van der Waals surface area contributed by atoms with Crippen LogP contribution in [0.3, 0.4) is 0 Å². The Hall–Kier alpha value is -2.67. The van der Waals surface area contributed by atoms with Gasteiger partial charge >= 0.3 is 6.09 Å².